The van der Waals surface area contributed by atoms with E-state index in [-0.39, 0.29) is 11.6 Å². The molecule has 3 aromatic rings. The van der Waals surface area contributed by atoms with Crippen LogP contribution in [-0.4, -0.2) is 38.3 Å². The first-order valence-electron chi connectivity index (χ1n) is 7.98. The summed E-state index contributed by atoms with van der Waals surface area (Å²) in [6, 6.07) is 9.88. The van der Waals surface area contributed by atoms with E-state index in [4.69, 9.17) is 0 Å². The number of anilines is 1. The first-order chi connectivity index (χ1) is 12.6. The Morgan fingerprint density at radius 2 is 1.88 bits per heavy atom. The van der Waals surface area contributed by atoms with Crippen molar-refractivity contribution in [3.63, 3.8) is 0 Å². The van der Waals surface area contributed by atoms with Gasteiger partial charge in [-0.05, 0) is 24.3 Å². The molecule has 0 spiro atoms. The van der Waals surface area contributed by atoms with Crippen LogP contribution in [0.25, 0.3) is 5.82 Å². The minimum atomic E-state index is -0.444. The van der Waals surface area contributed by atoms with Gasteiger partial charge in [-0.2, -0.15) is 5.10 Å². The molecule has 0 aliphatic rings. The van der Waals surface area contributed by atoms with E-state index in [0.717, 1.165) is 5.69 Å². The maximum atomic E-state index is 12.4. The second-order valence-electron chi connectivity index (χ2n) is 5.58. The SMILES string of the molecule is Cn1ncc(C(=O)NCCNc2ccc([N+](=O)[O-])cc2)c1-n1cccc1. The number of hydrogen-bond acceptors (Lipinski definition) is 5. The Kier molecular flexibility index (Phi) is 4.97. The minimum Gasteiger partial charge on any atom is -0.383 e. The summed E-state index contributed by atoms with van der Waals surface area (Å²) in [5.74, 6) is 0.475. The largest absolute Gasteiger partial charge is 0.383 e. The monoisotopic (exact) mass is 354 g/mol. The maximum Gasteiger partial charge on any atom is 0.269 e. The van der Waals surface area contributed by atoms with Gasteiger partial charge in [0.15, 0.2) is 0 Å². The number of aryl methyl sites for hydroxylation is 1. The summed E-state index contributed by atoms with van der Waals surface area (Å²) in [6.07, 6.45) is 5.24. The second-order valence-corrected chi connectivity index (χ2v) is 5.58. The fourth-order valence-corrected chi connectivity index (χ4v) is 2.55. The molecule has 9 nitrogen and oxygen atoms in total. The lowest BCUT2D eigenvalue weighted by Crippen LogP contribution is -2.29. The number of nitrogens with one attached hydrogen (secondary N) is 2. The van der Waals surface area contributed by atoms with Crippen molar-refractivity contribution in [2.75, 3.05) is 18.4 Å². The van der Waals surface area contributed by atoms with Gasteiger partial charge in [0.25, 0.3) is 11.6 Å². The lowest BCUT2D eigenvalue weighted by molar-refractivity contribution is -0.384. The Morgan fingerprint density at radius 1 is 1.19 bits per heavy atom. The van der Waals surface area contributed by atoms with Crippen LogP contribution in [-0.2, 0) is 7.05 Å². The standard InChI is InChI=1S/C17H18N6O3/c1-21-17(22-10-2-3-11-22)15(12-20-21)16(24)19-9-8-18-13-4-6-14(7-5-13)23(25)26/h2-7,10-12,18H,8-9H2,1H3,(H,19,24). The van der Waals surface area contributed by atoms with Crippen molar-refractivity contribution in [2.24, 2.45) is 7.05 Å². The van der Waals surface area contributed by atoms with Gasteiger partial charge in [-0.1, -0.05) is 0 Å². The topological polar surface area (TPSA) is 107 Å². The minimum absolute atomic E-state index is 0.0398. The van der Waals surface area contributed by atoms with Gasteiger partial charge in [0.05, 0.1) is 11.1 Å². The first-order valence-corrected chi connectivity index (χ1v) is 7.98. The third-order valence-corrected chi connectivity index (χ3v) is 3.82. The van der Waals surface area contributed by atoms with E-state index >= 15 is 0 Å². The van der Waals surface area contributed by atoms with Crippen molar-refractivity contribution in [1.82, 2.24) is 19.7 Å². The fourth-order valence-electron chi connectivity index (χ4n) is 2.55. The van der Waals surface area contributed by atoms with Gasteiger partial charge < -0.3 is 15.2 Å². The van der Waals surface area contributed by atoms with Gasteiger partial charge in [0.2, 0.25) is 0 Å². The van der Waals surface area contributed by atoms with E-state index < -0.39 is 4.92 Å². The van der Waals surface area contributed by atoms with Crippen molar-refractivity contribution in [1.29, 1.82) is 0 Å². The number of hydrogen-bond donors (Lipinski definition) is 2. The number of nitrogens with zero attached hydrogens (tertiary/aromatic N) is 4. The number of aromatic nitrogens is 3. The van der Waals surface area contributed by atoms with Crippen LogP contribution >= 0.6 is 0 Å². The van der Waals surface area contributed by atoms with Crippen molar-refractivity contribution in [3.8, 4) is 5.82 Å². The van der Waals surface area contributed by atoms with Crippen LogP contribution in [0.1, 0.15) is 10.4 Å². The third kappa shape index (κ3) is 3.72. The number of nitro benzene ring substituents is 1. The molecule has 0 aliphatic heterocycles. The molecule has 1 aromatic carbocycles. The molecule has 0 saturated heterocycles. The molecule has 0 bridgehead atoms. The molecule has 3 rings (SSSR count). The molecule has 0 fully saturated rings. The lowest BCUT2D eigenvalue weighted by atomic mass is 10.3. The Morgan fingerprint density at radius 3 is 2.54 bits per heavy atom. The highest BCUT2D eigenvalue weighted by Gasteiger charge is 2.16. The average Bonchev–Trinajstić information content (AvgIpc) is 3.28. The van der Waals surface area contributed by atoms with E-state index in [0.29, 0.717) is 24.5 Å². The fraction of sp³-hybridized carbons (Fsp3) is 0.176. The summed E-state index contributed by atoms with van der Waals surface area (Å²) in [5, 5.41) is 20.7. The van der Waals surface area contributed by atoms with Gasteiger partial charge in [-0.15, -0.1) is 0 Å². The Balaban J connectivity index is 1.54. The van der Waals surface area contributed by atoms with E-state index in [2.05, 4.69) is 15.7 Å². The summed E-state index contributed by atoms with van der Waals surface area (Å²) in [7, 11) is 1.78. The molecule has 134 valence electrons. The van der Waals surface area contributed by atoms with Crippen LogP contribution in [0.5, 0.6) is 0 Å². The molecular formula is C17H18N6O3. The summed E-state index contributed by atoms with van der Waals surface area (Å²) in [4.78, 5) is 22.6. The van der Waals surface area contributed by atoms with Crippen LogP contribution < -0.4 is 10.6 Å². The molecule has 0 saturated carbocycles. The Bertz CT molecular complexity index is 899. The molecule has 0 radical (unpaired) electrons. The summed E-state index contributed by atoms with van der Waals surface area (Å²) >= 11 is 0. The highest BCUT2D eigenvalue weighted by Crippen LogP contribution is 2.15. The molecule has 9 heteroatoms. The van der Waals surface area contributed by atoms with E-state index in [9.17, 15) is 14.9 Å². The molecular weight excluding hydrogens is 336 g/mol. The number of carbonyl (C=O) groups is 1. The van der Waals surface area contributed by atoms with Crippen LogP contribution in [0.3, 0.4) is 0 Å². The number of benzene rings is 1. The van der Waals surface area contributed by atoms with Crippen LogP contribution in [0.4, 0.5) is 11.4 Å². The summed E-state index contributed by atoms with van der Waals surface area (Å²) in [5.41, 5.74) is 1.27. The number of rotatable bonds is 7. The summed E-state index contributed by atoms with van der Waals surface area (Å²) in [6.45, 7) is 0.887. The average molecular weight is 354 g/mol. The predicted molar refractivity (Wildman–Crippen MR) is 96.5 cm³/mol. The highest BCUT2D eigenvalue weighted by molar-refractivity contribution is 5.97. The van der Waals surface area contributed by atoms with Gasteiger partial charge >= 0.3 is 0 Å². The maximum absolute atomic E-state index is 12.4. The van der Waals surface area contributed by atoms with Crippen molar-refractivity contribution < 1.29 is 9.72 Å². The molecule has 2 heterocycles. The number of amides is 1. The lowest BCUT2D eigenvalue weighted by Gasteiger charge is -2.09. The zero-order valence-corrected chi connectivity index (χ0v) is 14.1. The summed E-state index contributed by atoms with van der Waals surface area (Å²) < 4.78 is 3.47. The van der Waals surface area contributed by atoms with Gasteiger partial charge in [-0.3, -0.25) is 19.6 Å². The van der Waals surface area contributed by atoms with Crippen molar-refractivity contribution in [3.05, 3.63) is 70.7 Å². The molecule has 1 amide bonds. The number of non-ortho nitro benzene ring substituents is 1. The molecule has 0 atom stereocenters. The number of carbonyl (C=O) groups excluding carboxylic acids is 1. The number of nitro groups is 1. The van der Waals surface area contributed by atoms with Crippen LogP contribution in [0.2, 0.25) is 0 Å². The molecule has 0 unspecified atom stereocenters. The van der Waals surface area contributed by atoms with Gasteiger partial charge in [0.1, 0.15) is 11.4 Å². The second kappa shape index (κ2) is 7.51. The molecule has 26 heavy (non-hydrogen) atoms. The van der Waals surface area contributed by atoms with E-state index in [1.807, 2.05) is 29.1 Å². The smallest absolute Gasteiger partial charge is 0.269 e. The quantitative estimate of drug-likeness (QED) is 0.383. The van der Waals surface area contributed by atoms with Crippen molar-refractivity contribution >= 4 is 17.3 Å². The Hall–Kier alpha value is -3.62. The zero-order chi connectivity index (χ0) is 18.5. The predicted octanol–water partition coefficient (Wildman–Crippen LogP) is 1.96. The normalized spacial score (nSPS) is 10.5. The first kappa shape index (κ1) is 17.2. The molecule has 2 N–H and O–H groups in total. The van der Waals surface area contributed by atoms with Crippen LogP contribution in [0, 0.1) is 10.1 Å². The van der Waals surface area contributed by atoms with Gasteiger partial charge in [-0.25, -0.2) is 0 Å². The Labute approximate surface area is 149 Å². The highest BCUT2D eigenvalue weighted by atomic mass is 16.6. The van der Waals surface area contributed by atoms with Crippen molar-refractivity contribution in [2.45, 2.75) is 0 Å². The van der Waals surface area contributed by atoms with Crippen LogP contribution in [0.15, 0.2) is 55.0 Å². The molecule has 0 aliphatic carbocycles. The zero-order valence-electron chi connectivity index (χ0n) is 14.1. The third-order valence-electron chi connectivity index (χ3n) is 3.82. The van der Waals surface area contributed by atoms with E-state index in [1.165, 1.54) is 18.3 Å². The molecule has 2 aromatic heterocycles. The van der Waals surface area contributed by atoms with E-state index in [1.54, 1.807) is 23.9 Å². The van der Waals surface area contributed by atoms with Gasteiger partial charge in [0, 0.05) is 50.4 Å².